The molecule has 0 fully saturated rings. The highest BCUT2D eigenvalue weighted by atomic mass is 19.4. The smallest absolute Gasteiger partial charge is 0.433 e. The van der Waals surface area contributed by atoms with Gasteiger partial charge >= 0.3 is 6.18 Å². The maximum absolute atomic E-state index is 12.9. The van der Waals surface area contributed by atoms with Gasteiger partial charge in [0.25, 0.3) is 5.91 Å². The number of alkyl halides is 3. The Hall–Kier alpha value is -3.79. The summed E-state index contributed by atoms with van der Waals surface area (Å²) in [5.41, 5.74) is 8.39. The predicted molar refractivity (Wildman–Crippen MR) is 110 cm³/mol. The molecule has 3 aromatic heterocycles. The third-order valence-electron chi connectivity index (χ3n) is 4.24. The van der Waals surface area contributed by atoms with Crippen LogP contribution >= 0.6 is 0 Å². The molecule has 3 aromatic rings. The van der Waals surface area contributed by atoms with Crippen molar-refractivity contribution in [3.8, 4) is 5.75 Å². The van der Waals surface area contributed by atoms with Crippen LogP contribution in [-0.2, 0) is 12.6 Å². The Morgan fingerprint density at radius 2 is 2.09 bits per heavy atom. The zero-order chi connectivity index (χ0) is 23.3. The number of nitrogens with zero attached hydrogens (tertiary/aromatic N) is 6. The molecule has 0 aliphatic carbocycles. The van der Waals surface area contributed by atoms with Gasteiger partial charge in [0.1, 0.15) is 28.5 Å². The van der Waals surface area contributed by atoms with Crippen LogP contribution in [-0.4, -0.2) is 32.9 Å². The molecule has 1 N–H and O–H groups in total. The van der Waals surface area contributed by atoms with Crippen molar-refractivity contribution in [1.82, 2.24) is 14.4 Å². The fourth-order valence-corrected chi connectivity index (χ4v) is 2.92. The molecule has 0 saturated carbocycles. The van der Waals surface area contributed by atoms with E-state index in [2.05, 4.69) is 25.3 Å². The maximum Gasteiger partial charge on any atom is 0.433 e. The summed E-state index contributed by atoms with van der Waals surface area (Å²) in [5, 5.41) is 6.06. The van der Waals surface area contributed by atoms with Crippen LogP contribution in [0.1, 0.15) is 42.1 Å². The average molecular weight is 447 g/mol. The summed E-state index contributed by atoms with van der Waals surface area (Å²) in [6, 6.07) is 4.75. The Kier molecular flexibility index (Phi) is 6.84. The Morgan fingerprint density at radius 3 is 2.78 bits per heavy atom. The summed E-state index contributed by atoms with van der Waals surface area (Å²) in [4.78, 5) is 23.2. The lowest BCUT2D eigenvalue weighted by Crippen LogP contribution is -2.18. The van der Waals surface area contributed by atoms with Gasteiger partial charge in [0, 0.05) is 29.9 Å². The molecule has 0 radical (unpaired) electrons. The molecule has 168 valence electrons. The molecule has 0 aliphatic rings. The van der Waals surface area contributed by atoms with Gasteiger partial charge in [0.05, 0.1) is 11.8 Å². The highest BCUT2D eigenvalue weighted by Crippen LogP contribution is 2.29. The standard InChI is InChI=1S/C20H20F3N7O2/c1-12(2)32-16-9-18-26-13(5-4-8-25-29-24)10-30(18)11-15(16)28-19(31)14-6-3-7-17(27-14)20(21,22)23/h3,6-7,9-12H,4-5,8H2,1-2H3,(H,28,31). The van der Waals surface area contributed by atoms with Crippen molar-refractivity contribution in [1.29, 1.82) is 0 Å². The first-order valence-corrected chi connectivity index (χ1v) is 9.72. The summed E-state index contributed by atoms with van der Waals surface area (Å²) in [6.45, 7) is 3.95. The quantitative estimate of drug-likeness (QED) is 0.225. The number of anilines is 1. The van der Waals surface area contributed by atoms with Gasteiger partial charge in [-0.15, -0.1) is 0 Å². The number of carbonyl (C=O) groups is 1. The van der Waals surface area contributed by atoms with Gasteiger partial charge in [-0.3, -0.25) is 4.79 Å². The molecule has 0 bridgehead atoms. The normalized spacial score (nSPS) is 11.4. The van der Waals surface area contributed by atoms with Crippen molar-refractivity contribution >= 4 is 17.2 Å². The molecular weight excluding hydrogens is 427 g/mol. The van der Waals surface area contributed by atoms with E-state index < -0.39 is 17.8 Å². The van der Waals surface area contributed by atoms with Crippen LogP contribution in [0, 0.1) is 0 Å². The van der Waals surface area contributed by atoms with E-state index in [1.54, 1.807) is 36.7 Å². The molecule has 12 heteroatoms. The lowest BCUT2D eigenvalue weighted by Gasteiger charge is -2.15. The summed E-state index contributed by atoms with van der Waals surface area (Å²) in [6.07, 6.45) is -0.360. The first-order valence-electron chi connectivity index (χ1n) is 9.72. The maximum atomic E-state index is 12.9. The molecule has 0 aromatic carbocycles. The largest absolute Gasteiger partial charge is 0.489 e. The Labute approximate surface area is 180 Å². The molecule has 0 spiro atoms. The van der Waals surface area contributed by atoms with Crippen LogP contribution in [0.15, 0.2) is 41.8 Å². The molecular formula is C20H20F3N7O2. The Morgan fingerprint density at radius 1 is 1.31 bits per heavy atom. The van der Waals surface area contributed by atoms with Crippen molar-refractivity contribution in [2.45, 2.75) is 39.0 Å². The molecule has 32 heavy (non-hydrogen) atoms. The second-order valence-electron chi connectivity index (χ2n) is 7.13. The molecule has 3 rings (SSSR count). The van der Waals surface area contributed by atoms with Crippen LogP contribution in [0.25, 0.3) is 16.1 Å². The van der Waals surface area contributed by atoms with Crippen molar-refractivity contribution < 1.29 is 22.7 Å². The summed E-state index contributed by atoms with van der Waals surface area (Å²) in [5.74, 6) is -0.488. The fraction of sp³-hybridized carbons (Fsp3) is 0.350. The summed E-state index contributed by atoms with van der Waals surface area (Å²) in [7, 11) is 0. The molecule has 0 unspecified atom stereocenters. The number of carbonyl (C=O) groups excluding carboxylic acids is 1. The van der Waals surface area contributed by atoms with E-state index in [0.717, 1.165) is 17.8 Å². The number of halogens is 3. The van der Waals surface area contributed by atoms with E-state index in [0.29, 0.717) is 30.8 Å². The lowest BCUT2D eigenvalue weighted by molar-refractivity contribution is -0.141. The number of azide groups is 1. The molecule has 3 heterocycles. The van der Waals surface area contributed by atoms with Gasteiger partial charge in [-0.05, 0) is 44.4 Å². The van der Waals surface area contributed by atoms with Gasteiger partial charge < -0.3 is 14.5 Å². The minimum absolute atomic E-state index is 0.224. The van der Waals surface area contributed by atoms with Gasteiger partial charge in [-0.2, -0.15) is 13.2 Å². The van der Waals surface area contributed by atoms with Crippen LogP contribution in [0.5, 0.6) is 5.75 Å². The Balaban J connectivity index is 1.89. The molecule has 1 amide bonds. The van der Waals surface area contributed by atoms with Crippen LogP contribution in [0.3, 0.4) is 0 Å². The van der Waals surface area contributed by atoms with E-state index in [-0.39, 0.29) is 17.5 Å². The van der Waals surface area contributed by atoms with E-state index in [4.69, 9.17) is 10.3 Å². The van der Waals surface area contributed by atoms with Gasteiger partial charge in [0.15, 0.2) is 0 Å². The SMILES string of the molecule is CC(C)Oc1cc2nc(CCCN=[N+]=[N-])cn2cc1NC(=O)c1cccc(C(F)(F)F)n1. The van der Waals surface area contributed by atoms with Gasteiger partial charge in [-0.1, -0.05) is 11.2 Å². The number of fused-ring (bicyclic) bond motifs is 1. The number of aryl methyl sites for hydroxylation is 1. The summed E-state index contributed by atoms with van der Waals surface area (Å²) < 4.78 is 46.2. The number of hydrogen-bond donors (Lipinski definition) is 1. The molecule has 0 atom stereocenters. The number of imidazole rings is 1. The minimum atomic E-state index is -4.66. The number of ether oxygens (including phenoxy) is 1. The Bertz CT molecular complexity index is 1170. The minimum Gasteiger partial charge on any atom is -0.489 e. The van der Waals surface area contributed by atoms with Crippen molar-refractivity contribution in [2.24, 2.45) is 5.11 Å². The summed E-state index contributed by atoms with van der Waals surface area (Å²) >= 11 is 0. The highest BCUT2D eigenvalue weighted by molar-refractivity contribution is 6.03. The number of pyridine rings is 2. The fourth-order valence-electron chi connectivity index (χ4n) is 2.92. The highest BCUT2D eigenvalue weighted by Gasteiger charge is 2.33. The second kappa shape index (κ2) is 9.56. The van der Waals surface area contributed by atoms with E-state index >= 15 is 0 Å². The third kappa shape index (κ3) is 5.67. The molecule has 0 saturated heterocycles. The zero-order valence-corrected chi connectivity index (χ0v) is 17.3. The molecule has 9 nitrogen and oxygen atoms in total. The number of aromatic nitrogens is 3. The first kappa shape index (κ1) is 22.9. The van der Waals surface area contributed by atoms with E-state index in [1.807, 2.05) is 0 Å². The lowest BCUT2D eigenvalue weighted by atomic mass is 10.2. The van der Waals surface area contributed by atoms with Crippen LogP contribution < -0.4 is 10.1 Å². The van der Waals surface area contributed by atoms with Crippen molar-refractivity contribution in [3.63, 3.8) is 0 Å². The first-order chi connectivity index (χ1) is 15.2. The number of hydrogen-bond acceptors (Lipinski definition) is 5. The van der Waals surface area contributed by atoms with Crippen molar-refractivity contribution in [2.75, 3.05) is 11.9 Å². The number of rotatable bonds is 8. The monoisotopic (exact) mass is 447 g/mol. The number of nitrogens with one attached hydrogen (secondary N) is 1. The van der Waals surface area contributed by atoms with E-state index in [1.165, 1.54) is 6.07 Å². The van der Waals surface area contributed by atoms with Gasteiger partial charge in [0.2, 0.25) is 0 Å². The predicted octanol–water partition coefficient (Wildman–Crippen LogP) is 5.03. The van der Waals surface area contributed by atoms with Crippen LogP contribution in [0.2, 0.25) is 0 Å². The van der Waals surface area contributed by atoms with Crippen LogP contribution in [0.4, 0.5) is 18.9 Å². The topological polar surface area (TPSA) is 117 Å². The second-order valence-corrected chi connectivity index (χ2v) is 7.13. The van der Waals surface area contributed by atoms with Gasteiger partial charge in [-0.25, -0.2) is 9.97 Å². The van der Waals surface area contributed by atoms with Crippen molar-refractivity contribution in [3.05, 3.63) is 64.2 Å². The number of amides is 1. The average Bonchev–Trinajstić information content (AvgIpc) is 3.12. The molecule has 0 aliphatic heterocycles. The van der Waals surface area contributed by atoms with E-state index in [9.17, 15) is 18.0 Å². The third-order valence-corrected chi connectivity index (χ3v) is 4.24. The zero-order valence-electron chi connectivity index (χ0n) is 17.3.